The van der Waals surface area contributed by atoms with Gasteiger partial charge < -0.3 is 9.52 Å². The number of carbonyl (C=O) groups is 1. The summed E-state index contributed by atoms with van der Waals surface area (Å²) in [7, 11) is 0. The van der Waals surface area contributed by atoms with E-state index < -0.39 is 5.97 Å². The minimum absolute atomic E-state index is 0.0669. The van der Waals surface area contributed by atoms with Crippen LogP contribution in [0.4, 0.5) is 0 Å². The molecular formula is C11H9ClO3. The third-order valence-corrected chi connectivity index (χ3v) is 2.43. The number of aliphatic carboxylic acids is 1. The van der Waals surface area contributed by atoms with Gasteiger partial charge in [-0.3, -0.25) is 4.79 Å². The Balaban J connectivity index is 2.31. The maximum Gasteiger partial charge on any atom is 0.303 e. The highest BCUT2D eigenvalue weighted by Crippen LogP contribution is 2.26. The minimum Gasteiger partial charge on any atom is -0.481 e. The van der Waals surface area contributed by atoms with Gasteiger partial charge in [-0.1, -0.05) is 23.7 Å². The number of carboxylic acid groups (broad SMARTS) is 1. The average Bonchev–Trinajstić information content (AvgIpc) is 2.59. The van der Waals surface area contributed by atoms with E-state index in [9.17, 15) is 4.79 Å². The summed E-state index contributed by atoms with van der Waals surface area (Å²) in [6.45, 7) is 0. The van der Waals surface area contributed by atoms with E-state index in [1.165, 1.54) is 0 Å². The summed E-state index contributed by atoms with van der Waals surface area (Å²) < 4.78 is 5.45. The first kappa shape index (κ1) is 10.1. The van der Waals surface area contributed by atoms with Crippen molar-refractivity contribution < 1.29 is 14.3 Å². The molecule has 1 N–H and O–H groups in total. The highest BCUT2D eigenvalue weighted by atomic mass is 35.5. The standard InChI is InChI=1S/C11H9ClO3/c12-9-3-1-2-7-6-8(15-11(7)9)4-5-10(13)14/h1-3,6H,4-5H2,(H,13,14). The zero-order valence-corrected chi connectivity index (χ0v) is 8.62. The topological polar surface area (TPSA) is 50.4 Å². The lowest BCUT2D eigenvalue weighted by atomic mass is 10.2. The first-order valence-electron chi connectivity index (χ1n) is 4.55. The van der Waals surface area contributed by atoms with E-state index in [0.29, 0.717) is 22.8 Å². The van der Waals surface area contributed by atoms with E-state index in [1.54, 1.807) is 6.07 Å². The SMILES string of the molecule is O=C(O)CCc1cc2cccc(Cl)c2o1. The second-order valence-electron chi connectivity index (χ2n) is 3.26. The molecule has 1 heterocycles. The van der Waals surface area contributed by atoms with E-state index in [1.807, 2.05) is 18.2 Å². The first-order chi connectivity index (χ1) is 7.16. The van der Waals surface area contributed by atoms with Gasteiger partial charge in [-0.2, -0.15) is 0 Å². The fraction of sp³-hybridized carbons (Fsp3) is 0.182. The third kappa shape index (κ3) is 2.13. The molecule has 0 spiro atoms. The van der Waals surface area contributed by atoms with Gasteiger partial charge in [-0.15, -0.1) is 0 Å². The zero-order valence-electron chi connectivity index (χ0n) is 7.87. The molecule has 0 aliphatic carbocycles. The Morgan fingerprint density at radius 3 is 2.93 bits per heavy atom. The number of furan rings is 1. The maximum absolute atomic E-state index is 10.4. The molecule has 2 aromatic rings. The van der Waals surface area contributed by atoms with Crippen LogP contribution in [0.1, 0.15) is 12.2 Å². The molecule has 0 fully saturated rings. The smallest absolute Gasteiger partial charge is 0.303 e. The quantitative estimate of drug-likeness (QED) is 0.872. The fourth-order valence-electron chi connectivity index (χ4n) is 1.43. The molecule has 15 heavy (non-hydrogen) atoms. The van der Waals surface area contributed by atoms with E-state index in [-0.39, 0.29) is 6.42 Å². The van der Waals surface area contributed by atoms with Crippen molar-refractivity contribution in [2.75, 3.05) is 0 Å². The van der Waals surface area contributed by atoms with Crippen molar-refractivity contribution in [3.63, 3.8) is 0 Å². The van der Waals surface area contributed by atoms with Crippen LogP contribution in [-0.2, 0) is 11.2 Å². The van der Waals surface area contributed by atoms with Crippen molar-refractivity contribution in [2.45, 2.75) is 12.8 Å². The van der Waals surface area contributed by atoms with Crippen molar-refractivity contribution >= 4 is 28.5 Å². The Labute approximate surface area is 91.3 Å². The van der Waals surface area contributed by atoms with E-state index in [2.05, 4.69) is 0 Å². The Kier molecular flexibility index (Phi) is 2.64. The van der Waals surface area contributed by atoms with Crippen LogP contribution in [0, 0.1) is 0 Å². The van der Waals surface area contributed by atoms with Crippen molar-refractivity contribution in [3.05, 3.63) is 35.0 Å². The van der Waals surface area contributed by atoms with Crippen LogP contribution >= 0.6 is 11.6 Å². The van der Waals surface area contributed by atoms with Gasteiger partial charge in [0.2, 0.25) is 0 Å². The molecule has 2 rings (SSSR count). The van der Waals surface area contributed by atoms with E-state index in [4.69, 9.17) is 21.1 Å². The van der Waals surface area contributed by atoms with Gasteiger partial charge in [0.05, 0.1) is 11.4 Å². The fourth-order valence-corrected chi connectivity index (χ4v) is 1.65. The summed E-state index contributed by atoms with van der Waals surface area (Å²) in [4.78, 5) is 10.4. The number of benzene rings is 1. The number of para-hydroxylation sites is 1. The van der Waals surface area contributed by atoms with Crippen LogP contribution in [-0.4, -0.2) is 11.1 Å². The van der Waals surface area contributed by atoms with Crippen molar-refractivity contribution in [1.29, 1.82) is 0 Å². The monoisotopic (exact) mass is 224 g/mol. The predicted molar refractivity (Wildman–Crippen MR) is 57.2 cm³/mol. The predicted octanol–water partition coefficient (Wildman–Crippen LogP) is 3.10. The number of fused-ring (bicyclic) bond motifs is 1. The molecule has 0 saturated heterocycles. The van der Waals surface area contributed by atoms with E-state index in [0.717, 1.165) is 5.39 Å². The lowest BCUT2D eigenvalue weighted by Gasteiger charge is -1.91. The lowest BCUT2D eigenvalue weighted by molar-refractivity contribution is -0.137. The van der Waals surface area contributed by atoms with Crippen LogP contribution in [0.2, 0.25) is 5.02 Å². The molecule has 0 amide bonds. The molecule has 0 bridgehead atoms. The molecule has 4 heteroatoms. The molecule has 1 aromatic carbocycles. The second kappa shape index (κ2) is 3.95. The van der Waals surface area contributed by atoms with E-state index >= 15 is 0 Å². The van der Waals surface area contributed by atoms with Crippen molar-refractivity contribution in [3.8, 4) is 0 Å². The summed E-state index contributed by atoms with van der Waals surface area (Å²) in [5, 5.41) is 9.99. The molecule has 3 nitrogen and oxygen atoms in total. The van der Waals surface area contributed by atoms with Gasteiger partial charge in [0.25, 0.3) is 0 Å². The maximum atomic E-state index is 10.4. The largest absolute Gasteiger partial charge is 0.481 e. The average molecular weight is 225 g/mol. The first-order valence-corrected chi connectivity index (χ1v) is 4.93. The highest BCUT2D eigenvalue weighted by molar-refractivity contribution is 6.34. The number of halogens is 1. The summed E-state index contributed by atoms with van der Waals surface area (Å²) in [5.41, 5.74) is 0.625. The van der Waals surface area contributed by atoms with Gasteiger partial charge in [0, 0.05) is 11.8 Å². The molecule has 1 aromatic heterocycles. The molecule has 0 unspecified atom stereocenters. The third-order valence-electron chi connectivity index (χ3n) is 2.13. The molecular weight excluding hydrogens is 216 g/mol. The summed E-state index contributed by atoms with van der Waals surface area (Å²) >= 11 is 5.92. The molecule has 0 radical (unpaired) electrons. The summed E-state index contributed by atoms with van der Waals surface area (Å²) in [6, 6.07) is 7.29. The van der Waals surface area contributed by atoms with Gasteiger partial charge in [-0.05, 0) is 12.1 Å². The molecule has 0 saturated carbocycles. The Hall–Kier alpha value is -1.48. The second-order valence-corrected chi connectivity index (χ2v) is 3.67. The van der Waals surface area contributed by atoms with Crippen molar-refractivity contribution in [2.24, 2.45) is 0 Å². The van der Waals surface area contributed by atoms with Crippen LogP contribution in [0.5, 0.6) is 0 Å². The van der Waals surface area contributed by atoms with Gasteiger partial charge in [-0.25, -0.2) is 0 Å². The molecule has 78 valence electrons. The Bertz CT molecular complexity index is 502. The number of hydrogen-bond donors (Lipinski definition) is 1. The lowest BCUT2D eigenvalue weighted by Crippen LogP contribution is -1.95. The normalized spacial score (nSPS) is 10.7. The van der Waals surface area contributed by atoms with Crippen molar-refractivity contribution in [1.82, 2.24) is 0 Å². The van der Waals surface area contributed by atoms with Crippen LogP contribution in [0.3, 0.4) is 0 Å². The minimum atomic E-state index is -0.832. The Morgan fingerprint density at radius 1 is 1.47 bits per heavy atom. The number of rotatable bonds is 3. The van der Waals surface area contributed by atoms with Crippen LogP contribution < -0.4 is 0 Å². The Morgan fingerprint density at radius 2 is 2.27 bits per heavy atom. The zero-order chi connectivity index (χ0) is 10.8. The van der Waals surface area contributed by atoms with Crippen LogP contribution in [0.15, 0.2) is 28.7 Å². The summed E-state index contributed by atoms with van der Waals surface area (Å²) in [5.74, 6) is -0.179. The molecule has 0 aliphatic rings. The number of hydrogen-bond acceptors (Lipinski definition) is 2. The number of aryl methyl sites for hydroxylation is 1. The molecule has 0 aliphatic heterocycles. The molecule has 0 atom stereocenters. The van der Waals surface area contributed by atoms with Gasteiger partial charge in [0.15, 0.2) is 5.58 Å². The highest BCUT2D eigenvalue weighted by Gasteiger charge is 2.07. The van der Waals surface area contributed by atoms with Gasteiger partial charge in [0.1, 0.15) is 5.76 Å². The summed E-state index contributed by atoms with van der Waals surface area (Å²) in [6.07, 6.45) is 0.456. The van der Waals surface area contributed by atoms with Crippen LogP contribution in [0.25, 0.3) is 11.0 Å². The number of carboxylic acids is 1. The van der Waals surface area contributed by atoms with Gasteiger partial charge >= 0.3 is 5.97 Å².